The van der Waals surface area contributed by atoms with E-state index in [0.29, 0.717) is 12.8 Å². The number of hydrogen-bond acceptors (Lipinski definition) is 2. The smallest absolute Gasteiger partial charge is 0.329 e. The summed E-state index contributed by atoms with van der Waals surface area (Å²) in [5, 5.41) is 12.2. The minimum atomic E-state index is -1.10. The zero-order valence-corrected chi connectivity index (χ0v) is 13.2. The maximum atomic E-state index is 12.1. The van der Waals surface area contributed by atoms with E-state index in [2.05, 4.69) is 5.32 Å². The third-order valence-electron chi connectivity index (χ3n) is 4.54. The van der Waals surface area contributed by atoms with Gasteiger partial charge in [-0.2, -0.15) is 0 Å². The molecule has 1 fully saturated rings. The van der Waals surface area contributed by atoms with Crippen LogP contribution in [0.3, 0.4) is 0 Å². The minimum Gasteiger partial charge on any atom is -0.480 e. The van der Waals surface area contributed by atoms with Crippen molar-refractivity contribution < 1.29 is 14.7 Å². The Hall–Kier alpha value is -2.10. The van der Waals surface area contributed by atoms with E-state index in [0.717, 1.165) is 36.0 Å². The Bertz CT molecular complexity index is 598. The first kappa shape index (κ1) is 16.3. The van der Waals surface area contributed by atoms with Crippen molar-refractivity contribution in [2.24, 2.45) is 0 Å². The molecule has 1 aromatic rings. The molecule has 0 radical (unpaired) electrons. The first-order chi connectivity index (χ1) is 10.4. The predicted molar refractivity (Wildman–Crippen MR) is 86.5 cm³/mol. The molecular weight excluding hydrogens is 278 g/mol. The molecule has 0 spiro atoms. The number of amides is 1. The molecule has 0 unspecified atom stereocenters. The van der Waals surface area contributed by atoms with Gasteiger partial charge in [0.15, 0.2) is 0 Å². The Morgan fingerprint density at radius 1 is 1.18 bits per heavy atom. The van der Waals surface area contributed by atoms with Crippen molar-refractivity contribution in [3.05, 3.63) is 41.0 Å². The zero-order valence-electron chi connectivity index (χ0n) is 13.2. The van der Waals surface area contributed by atoms with Gasteiger partial charge in [-0.3, -0.25) is 4.79 Å². The fraction of sp³-hybridized carbons (Fsp3) is 0.444. The molecule has 1 aliphatic carbocycles. The predicted octanol–water partition coefficient (Wildman–Crippen LogP) is 3.22. The monoisotopic (exact) mass is 301 g/mol. The van der Waals surface area contributed by atoms with Crippen LogP contribution in [0.25, 0.3) is 6.08 Å². The summed E-state index contributed by atoms with van der Waals surface area (Å²) < 4.78 is 0. The number of carboxylic acid groups (broad SMARTS) is 1. The second kappa shape index (κ2) is 6.77. The van der Waals surface area contributed by atoms with Gasteiger partial charge < -0.3 is 10.4 Å². The van der Waals surface area contributed by atoms with Crippen LogP contribution in [-0.4, -0.2) is 22.5 Å². The molecule has 118 valence electrons. The molecule has 0 saturated heterocycles. The molecule has 0 atom stereocenters. The first-order valence-corrected chi connectivity index (χ1v) is 7.74. The van der Waals surface area contributed by atoms with Crippen LogP contribution in [-0.2, 0) is 9.59 Å². The number of carbonyl (C=O) groups is 2. The van der Waals surface area contributed by atoms with E-state index in [1.54, 1.807) is 6.08 Å². The van der Waals surface area contributed by atoms with E-state index in [-0.39, 0.29) is 5.91 Å². The Balaban J connectivity index is 2.10. The van der Waals surface area contributed by atoms with Crippen molar-refractivity contribution in [1.82, 2.24) is 5.32 Å². The molecule has 4 nitrogen and oxygen atoms in total. The highest BCUT2D eigenvalue weighted by atomic mass is 16.4. The Labute approximate surface area is 131 Å². The fourth-order valence-electron chi connectivity index (χ4n) is 2.94. The zero-order chi connectivity index (χ0) is 16.2. The Kier molecular flexibility index (Phi) is 5.01. The number of nitrogens with one attached hydrogen (secondary N) is 1. The molecule has 2 rings (SSSR count). The van der Waals surface area contributed by atoms with Crippen molar-refractivity contribution in [1.29, 1.82) is 0 Å². The number of carboxylic acids is 1. The molecule has 4 heteroatoms. The summed E-state index contributed by atoms with van der Waals surface area (Å²) in [7, 11) is 0. The van der Waals surface area contributed by atoms with Gasteiger partial charge in [0.25, 0.3) is 0 Å². The van der Waals surface area contributed by atoms with E-state index in [1.165, 1.54) is 6.08 Å². The molecule has 0 aliphatic heterocycles. The molecule has 1 aromatic carbocycles. The second-order valence-corrected chi connectivity index (χ2v) is 6.06. The lowest BCUT2D eigenvalue weighted by atomic mass is 9.81. The van der Waals surface area contributed by atoms with E-state index in [4.69, 9.17) is 0 Å². The average molecular weight is 301 g/mol. The van der Waals surface area contributed by atoms with Crippen molar-refractivity contribution in [2.45, 2.75) is 51.5 Å². The second-order valence-electron chi connectivity index (χ2n) is 6.06. The fourth-order valence-corrected chi connectivity index (χ4v) is 2.94. The van der Waals surface area contributed by atoms with Crippen LogP contribution in [0.2, 0.25) is 0 Å². The number of aryl methyl sites for hydroxylation is 1. The number of aliphatic carboxylic acids is 1. The summed E-state index contributed by atoms with van der Waals surface area (Å²) in [4.78, 5) is 23.7. The van der Waals surface area contributed by atoms with Crippen molar-refractivity contribution in [3.63, 3.8) is 0 Å². The Morgan fingerprint density at radius 3 is 2.50 bits per heavy atom. The highest BCUT2D eigenvalue weighted by Gasteiger charge is 2.40. The number of rotatable bonds is 4. The van der Waals surface area contributed by atoms with Crippen LogP contribution in [0.1, 0.15) is 48.8 Å². The topological polar surface area (TPSA) is 66.4 Å². The molecule has 0 bridgehead atoms. The molecule has 0 aromatic heterocycles. The molecule has 1 amide bonds. The largest absolute Gasteiger partial charge is 0.480 e. The average Bonchev–Trinajstić information content (AvgIpc) is 2.49. The molecule has 1 aliphatic rings. The number of hydrogen-bond donors (Lipinski definition) is 2. The van der Waals surface area contributed by atoms with Gasteiger partial charge in [0.1, 0.15) is 5.54 Å². The lowest BCUT2D eigenvalue weighted by Gasteiger charge is -2.33. The van der Waals surface area contributed by atoms with Crippen molar-refractivity contribution >= 4 is 18.0 Å². The van der Waals surface area contributed by atoms with Gasteiger partial charge in [0.2, 0.25) is 5.91 Å². The Morgan fingerprint density at radius 2 is 1.86 bits per heavy atom. The summed E-state index contributed by atoms with van der Waals surface area (Å²) in [6.45, 7) is 4.03. The van der Waals surface area contributed by atoms with E-state index in [1.807, 2.05) is 32.0 Å². The maximum Gasteiger partial charge on any atom is 0.329 e. The molecule has 2 N–H and O–H groups in total. The summed E-state index contributed by atoms with van der Waals surface area (Å²) in [5.74, 6) is -1.27. The van der Waals surface area contributed by atoms with Gasteiger partial charge in [-0.15, -0.1) is 0 Å². The van der Waals surface area contributed by atoms with Gasteiger partial charge in [0.05, 0.1) is 0 Å². The highest BCUT2D eigenvalue weighted by Crippen LogP contribution is 2.28. The minimum absolute atomic E-state index is 0.342. The van der Waals surface area contributed by atoms with Gasteiger partial charge >= 0.3 is 5.97 Å². The van der Waals surface area contributed by atoms with E-state index < -0.39 is 11.5 Å². The summed E-state index contributed by atoms with van der Waals surface area (Å²) in [6, 6.07) is 5.91. The standard InChI is InChI=1S/C18H23NO3/c1-13-7-6-8-15(14(13)2)9-10-16(20)19-18(17(21)22)11-4-3-5-12-18/h6-10H,3-5,11-12H2,1-2H3,(H,19,20)(H,21,22). The summed E-state index contributed by atoms with van der Waals surface area (Å²) >= 11 is 0. The maximum absolute atomic E-state index is 12.1. The van der Waals surface area contributed by atoms with Crippen LogP contribution in [0, 0.1) is 13.8 Å². The quantitative estimate of drug-likeness (QED) is 0.839. The lowest BCUT2D eigenvalue weighted by molar-refractivity contribution is -0.148. The molecule has 22 heavy (non-hydrogen) atoms. The van der Waals surface area contributed by atoms with Crippen LogP contribution in [0.4, 0.5) is 0 Å². The van der Waals surface area contributed by atoms with Crippen LogP contribution < -0.4 is 5.32 Å². The molecule has 0 heterocycles. The van der Waals surface area contributed by atoms with Gasteiger partial charge in [-0.25, -0.2) is 4.79 Å². The van der Waals surface area contributed by atoms with Crippen LogP contribution in [0.5, 0.6) is 0 Å². The molecular formula is C18H23NO3. The number of benzene rings is 1. The van der Waals surface area contributed by atoms with Crippen molar-refractivity contribution in [3.8, 4) is 0 Å². The van der Waals surface area contributed by atoms with Gasteiger partial charge in [-0.1, -0.05) is 37.5 Å². The van der Waals surface area contributed by atoms with Crippen LogP contribution in [0.15, 0.2) is 24.3 Å². The first-order valence-electron chi connectivity index (χ1n) is 7.74. The molecule has 1 saturated carbocycles. The summed E-state index contributed by atoms with van der Waals surface area (Å²) in [5.41, 5.74) is 2.17. The summed E-state index contributed by atoms with van der Waals surface area (Å²) in [6.07, 6.45) is 6.90. The number of carbonyl (C=O) groups excluding carboxylic acids is 1. The lowest BCUT2D eigenvalue weighted by Crippen LogP contribution is -2.55. The third kappa shape index (κ3) is 3.56. The van der Waals surface area contributed by atoms with Gasteiger partial charge in [0, 0.05) is 6.08 Å². The van der Waals surface area contributed by atoms with Gasteiger partial charge in [-0.05, 0) is 49.5 Å². The normalized spacial score (nSPS) is 17.4. The van der Waals surface area contributed by atoms with E-state index >= 15 is 0 Å². The SMILES string of the molecule is Cc1cccc(C=CC(=O)NC2(C(=O)O)CCCCC2)c1C. The van der Waals surface area contributed by atoms with E-state index in [9.17, 15) is 14.7 Å². The van der Waals surface area contributed by atoms with Crippen molar-refractivity contribution in [2.75, 3.05) is 0 Å². The highest BCUT2D eigenvalue weighted by molar-refractivity contribution is 5.96. The van der Waals surface area contributed by atoms with Crippen LogP contribution >= 0.6 is 0 Å². The third-order valence-corrected chi connectivity index (χ3v) is 4.54.